The van der Waals surface area contributed by atoms with Crippen LogP contribution in [-0.2, 0) is 4.79 Å². The van der Waals surface area contributed by atoms with Gasteiger partial charge in [0.25, 0.3) is 0 Å². The molecular weight excluding hydrogens is 132 g/mol. The Morgan fingerprint density at radius 1 is 1.90 bits per heavy atom. The third-order valence-electron chi connectivity index (χ3n) is 0.956. The van der Waals surface area contributed by atoms with E-state index in [1.54, 1.807) is 6.07 Å². The van der Waals surface area contributed by atoms with Crippen molar-refractivity contribution in [3.05, 3.63) is 12.3 Å². The van der Waals surface area contributed by atoms with Gasteiger partial charge in [0.2, 0.25) is 0 Å². The molecule has 0 unspecified atom stereocenters. The predicted molar refractivity (Wildman–Crippen MR) is 35.7 cm³/mol. The molecule has 0 aliphatic heterocycles. The highest BCUT2D eigenvalue weighted by atomic mass is 16.5. The minimum atomic E-state index is 0.0722. The number of aromatic nitrogens is 1. The monoisotopic (exact) mass is 140 g/mol. The van der Waals surface area contributed by atoms with Crippen molar-refractivity contribution in [1.29, 1.82) is 0 Å². The van der Waals surface area contributed by atoms with Gasteiger partial charge in [0.15, 0.2) is 5.82 Å². The first kappa shape index (κ1) is 6.80. The molecule has 4 nitrogen and oxygen atoms in total. The molecule has 0 spiro atoms. The topological polar surface area (TPSA) is 55.1 Å². The summed E-state index contributed by atoms with van der Waals surface area (Å²) >= 11 is 0. The molecule has 0 fully saturated rings. The van der Waals surface area contributed by atoms with E-state index >= 15 is 0 Å². The molecule has 54 valence electrons. The Kier molecular flexibility index (Phi) is 2.04. The summed E-state index contributed by atoms with van der Waals surface area (Å²) < 4.78 is 4.52. The van der Waals surface area contributed by atoms with Crippen LogP contribution in [-0.4, -0.2) is 17.5 Å². The van der Waals surface area contributed by atoms with Crippen LogP contribution in [0.1, 0.15) is 6.92 Å². The van der Waals surface area contributed by atoms with Crippen molar-refractivity contribution in [3.8, 4) is 0 Å². The minimum Gasteiger partial charge on any atom is -0.363 e. The molecule has 4 heteroatoms. The van der Waals surface area contributed by atoms with Gasteiger partial charge in [-0.05, 0) is 6.92 Å². The van der Waals surface area contributed by atoms with E-state index in [4.69, 9.17) is 0 Å². The summed E-state index contributed by atoms with van der Waals surface area (Å²) in [6, 6.07) is 1.66. The van der Waals surface area contributed by atoms with Crippen molar-refractivity contribution < 1.29 is 9.32 Å². The molecule has 1 heterocycles. The molecule has 0 saturated heterocycles. The zero-order valence-corrected chi connectivity index (χ0v) is 5.63. The fourth-order valence-electron chi connectivity index (χ4n) is 0.519. The average molecular weight is 140 g/mol. The van der Waals surface area contributed by atoms with Gasteiger partial charge in [-0.15, -0.1) is 0 Å². The highest BCUT2D eigenvalue weighted by Gasteiger charge is 1.95. The number of nitrogens with zero attached hydrogens (tertiary/aromatic N) is 1. The third-order valence-corrected chi connectivity index (χ3v) is 0.956. The molecule has 0 aliphatic rings. The van der Waals surface area contributed by atoms with Crippen molar-refractivity contribution in [1.82, 2.24) is 5.16 Å². The first-order valence-corrected chi connectivity index (χ1v) is 2.93. The van der Waals surface area contributed by atoms with Crippen LogP contribution in [0, 0.1) is 0 Å². The molecule has 1 rings (SSSR count). The van der Waals surface area contributed by atoms with Gasteiger partial charge in [-0.2, -0.15) is 0 Å². The van der Waals surface area contributed by atoms with E-state index in [-0.39, 0.29) is 5.78 Å². The summed E-state index contributed by atoms with van der Waals surface area (Å²) in [6.07, 6.45) is 1.45. The minimum absolute atomic E-state index is 0.0722. The Labute approximate surface area is 58.2 Å². The maximum atomic E-state index is 10.4. The van der Waals surface area contributed by atoms with Gasteiger partial charge >= 0.3 is 0 Å². The molecule has 10 heavy (non-hydrogen) atoms. The molecule has 0 bridgehead atoms. The van der Waals surface area contributed by atoms with Crippen molar-refractivity contribution in [3.63, 3.8) is 0 Å². The van der Waals surface area contributed by atoms with Crippen LogP contribution in [0.15, 0.2) is 16.9 Å². The normalized spacial score (nSPS) is 9.30. The van der Waals surface area contributed by atoms with Crippen LogP contribution in [0.3, 0.4) is 0 Å². The van der Waals surface area contributed by atoms with Crippen molar-refractivity contribution in [2.75, 3.05) is 11.9 Å². The smallest absolute Gasteiger partial charge is 0.169 e. The summed E-state index contributed by atoms with van der Waals surface area (Å²) in [7, 11) is 0. The third kappa shape index (κ3) is 1.89. The van der Waals surface area contributed by atoms with Crippen molar-refractivity contribution in [2.45, 2.75) is 6.92 Å². The van der Waals surface area contributed by atoms with Crippen LogP contribution < -0.4 is 5.32 Å². The van der Waals surface area contributed by atoms with Crippen molar-refractivity contribution in [2.24, 2.45) is 0 Å². The summed E-state index contributed by atoms with van der Waals surface area (Å²) in [5.74, 6) is 0.665. The van der Waals surface area contributed by atoms with Crippen LogP contribution in [0.4, 0.5) is 5.82 Å². The van der Waals surface area contributed by atoms with Gasteiger partial charge < -0.3 is 9.84 Å². The molecular formula is C6H8N2O2. The number of anilines is 1. The zero-order valence-electron chi connectivity index (χ0n) is 5.63. The lowest BCUT2D eigenvalue weighted by Crippen LogP contribution is -2.09. The van der Waals surface area contributed by atoms with Crippen molar-refractivity contribution >= 4 is 11.6 Å². The second-order valence-corrected chi connectivity index (χ2v) is 1.94. The van der Waals surface area contributed by atoms with Gasteiger partial charge in [-0.25, -0.2) is 0 Å². The first-order valence-electron chi connectivity index (χ1n) is 2.93. The van der Waals surface area contributed by atoms with Gasteiger partial charge in [-0.3, -0.25) is 4.79 Å². The number of hydrogen-bond donors (Lipinski definition) is 1. The summed E-state index contributed by atoms with van der Waals surface area (Å²) in [5.41, 5.74) is 0. The van der Waals surface area contributed by atoms with E-state index in [2.05, 4.69) is 15.0 Å². The van der Waals surface area contributed by atoms with Crippen LogP contribution in [0.2, 0.25) is 0 Å². The maximum absolute atomic E-state index is 10.4. The van der Waals surface area contributed by atoms with E-state index < -0.39 is 0 Å². The first-order chi connectivity index (χ1) is 4.79. The lowest BCUT2D eigenvalue weighted by molar-refractivity contribution is -0.115. The number of rotatable bonds is 3. The van der Waals surface area contributed by atoms with Crippen LogP contribution >= 0.6 is 0 Å². The number of Topliss-reactive ketones (excluding diaryl/α,β-unsaturated/α-hetero) is 1. The van der Waals surface area contributed by atoms with Gasteiger partial charge in [-0.1, -0.05) is 5.16 Å². The number of hydrogen-bond acceptors (Lipinski definition) is 4. The van der Waals surface area contributed by atoms with E-state index in [1.165, 1.54) is 13.2 Å². The lowest BCUT2D eigenvalue weighted by atomic mass is 10.4. The zero-order chi connectivity index (χ0) is 7.40. The molecule has 0 amide bonds. The molecule has 0 atom stereocenters. The largest absolute Gasteiger partial charge is 0.363 e. The van der Waals surface area contributed by atoms with Gasteiger partial charge in [0.1, 0.15) is 12.0 Å². The Morgan fingerprint density at radius 3 is 3.20 bits per heavy atom. The van der Waals surface area contributed by atoms with Gasteiger partial charge in [0.05, 0.1) is 6.54 Å². The summed E-state index contributed by atoms with van der Waals surface area (Å²) in [4.78, 5) is 10.4. The quantitative estimate of drug-likeness (QED) is 0.670. The highest BCUT2D eigenvalue weighted by Crippen LogP contribution is 1.98. The number of carbonyl (C=O) groups excluding carboxylic acids is 1. The SMILES string of the molecule is CC(=O)CNc1ccon1. The molecule has 1 aromatic heterocycles. The Balaban J connectivity index is 2.35. The summed E-state index contributed by atoms with van der Waals surface area (Å²) in [5, 5.41) is 6.32. The Bertz CT molecular complexity index is 206. The highest BCUT2D eigenvalue weighted by molar-refractivity contribution is 5.79. The summed E-state index contributed by atoms with van der Waals surface area (Å²) in [6.45, 7) is 1.81. The number of nitrogens with one attached hydrogen (secondary N) is 1. The van der Waals surface area contributed by atoms with E-state index in [1.807, 2.05) is 0 Å². The lowest BCUT2D eigenvalue weighted by Gasteiger charge is -1.94. The Hall–Kier alpha value is -1.32. The second kappa shape index (κ2) is 3.00. The van der Waals surface area contributed by atoms with Crippen LogP contribution in [0.5, 0.6) is 0 Å². The molecule has 1 aromatic rings. The second-order valence-electron chi connectivity index (χ2n) is 1.94. The number of carbonyl (C=O) groups is 1. The number of ketones is 1. The molecule has 1 N–H and O–H groups in total. The molecule has 0 saturated carbocycles. The molecule has 0 aromatic carbocycles. The van der Waals surface area contributed by atoms with Crippen LogP contribution in [0.25, 0.3) is 0 Å². The van der Waals surface area contributed by atoms with E-state index in [0.717, 1.165) is 0 Å². The predicted octanol–water partition coefficient (Wildman–Crippen LogP) is 0.675. The molecule has 0 radical (unpaired) electrons. The molecule has 0 aliphatic carbocycles. The maximum Gasteiger partial charge on any atom is 0.169 e. The van der Waals surface area contributed by atoms with E-state index in [0.29, 0.717) is 12.4 Å². The fourth-order valence-corrected chi connectivity index (χ4v) is 0.519. The van der Waals surface area contributed by atoms with Gasteiger partial charge in [0, 0.05) is 6.07 Å². The van der Waals surface area contributed by atoms with E-state index in [9.17, 15) is 4.79 Å². The Morgan fingerprint density at radius 2 is 2.70 bits per heavy atom. The standard InChI is InChI=1S/C6H8N2O2/c1-5(9)4-7-6-2-3-10-8-6/h2-3H,4H2,1H3,(H,7,8). The average Bonchev–Trinajstić information content (AvgIpc) is 2.34. The fraction of sp³-hybridized carbons (Fsp3) is 0.333.